The number of hydrogen-bond acceptors (Lipinski definition) is 5. The van der Waals surface area contributed by atoms with Crippen LogP contribution in [0.4, 0.5) is 5.69 Å². The van der Waals surface area contributed by atoms with Gasteiger partial charge in [0.2, 0.25) is 0 Å². The lowest BCUT2D eigenvalue weighted by molar-refractivity contribution is -0.385. The third-order valence-electron chi connectivity index (χ3n) is 4.21. The predicted octanol–water partition coefficient (Wildman–Crippen LogP) is 1.25. The molecule has 0 fully saturated rings. The molecule has 1 aliphatic heterocycles. The minimum absolute atomic E-state index is 0.0533. The van der Waals surface area contributed by atoms with Crippen LogP contribution in [0.5, 0.6) is 0 Å². The number of rotatable bonds is 5. The van der Waals surface area contributed by atoms with Crippen LogP contribution in [-0.4, -0.2) is 50.4 Å². The number of hydrogen-bond donors (Lipinski definition) is 1. The van der Waals surface area contributed by atoms with Crippen LogP contribution in [0.1, 0.15) is 11.1 Å². The second-order valence-electron chi connectivity index (χ2n) is 5.90. The van der Waals surface area contributed by atoms with Gasteiger partial charge < -0.3 is 10.0 Å². The Bertz CT molecular complexity index is 658. The molecule has 23 heavy (non-hydrogen) atoms. The fourth-order valence-electron chi connectivity index (χ4n) is 3.02. The minimum atomic E-state index is -0.601. The first-order valence-corrected chi connectivity index (χ1v) is 7.76. The van der Waals surface area contributed by atoms with Crippen LogP contribution < -0.4 is 0 Å². The summed E-state index contributed by atoms with van der Waals surface area (Å²) in [4.78, 5) is 12.4. The van der Waals surface area contributed by atoms with Crippen molar-refractivity contribution in [1.29, 1.82) is 0 Å². The number of aliphatic hydroxyl groups is 1. The van der Waals surface area contributed by atoms with Gasteiger partial charge in [-0.2, -0.15) is 5.10 Å². The predicted molar refractivity (Wildman–Crippen MR) is 85.2 cm³/mol. The van der Waals surface area contributed by atoms with Crippen molar-refractivity contribution in [2.75, 3.05) is 19.6 Å². The van der Waals surface area contributed by atoms with E-state index in [0.717, 1.165) is 25.9 Å². The first-order chi connectivity index (χ1) is 11.1. The number of fused-ring (bicyclic) bond motifs is 1. The normalized spacial score (nSPS) is 16.6. The van der Waals surface area contributed by atoms with Gasteiger partial charge in [0.15, 0.2) is 0 Å². The number of nitrogens with zero attached hydrogens (tertiary/aromatic N) is 4. The molecule has 7 nitrogen and oxygen atoms in total. The molecule has 0 unspecified atom stereocenters. The highest BCUT2D eigenvalue weighted by atomic mass is 16.6. The van der Waals surface area contributed by atoms with E-state index < -0.39 is 11.0 Å². The number of aliphatic hydroxyl groups excluding tert-OH is 1. The summed E-state index contributed by atoms with van der Waals surface area (Å²) in [7, 11) is 0. The minimum Gasteiger partial charge on any atom is -0.390 e. The maximum atomic E-state index is 10.6. The zero-order chi connectivity index (χ0) is 16.2. The summed E-state index contributed by atoms with van der Waals surface area (Å²) in [6.45, 7) is 2.62. The van der Waals surface area contributed by atoms with E-state index in [-0.39, 0.29) is 12.2 Å². The van der Waals surface area contributed by atoms with Crippen molar-refractivity contribution < 1.29 is 10.0 Å². The second-order valence-corrected chi connectivity index (χ2v) is 5.90. The Balaban J connectivity index is 1.54. The number of β-amino-alcohol motifs (C(OH)–C–C–N with tert-alkyl or cyclic N) is 1. The molecule has 0 spiro atoms. The van der Waals surface area contributed by atoms with Gasteiger partial charge >= 0.3 is 5.69 Å². The molecule has 1 N–H and O–H groups in total. The molecule has 3 rings (SSSR count). The zero-order valence-electron chi connectivity index (χ0n) is 12.8. The quantitative estimate of drug-likeness (QED) is 0.663. The highest BCUT2D eigenvalue weighted by molar-refractivity contribution is 5.28. The molecule has 0 aliphatic carbocycles. The average molecular weight is 316 g/mol. The Labute approximate surface area is 134 Å². The maximum absolute atomic E-state index is 10.6. The van der Waals surface area contributed by atoms with Crippen LogP contribution in [0.15, 0.2) is 36.7 Å². The Morgan fingerprint density at radius 3 is 2.43 bits per heavy atom. The molecule has 0 saturated heterocycles. The Morgan fingerprint density at radius 2 is 1.87 bits per heavy atom. The third kappa shape index (κ3) is 3.94. The summed E-state index contributed by atoms with van der Waals surface area (Å²) in [5, 5.41) is 24.8. The topological polar surface area (TPSA) is 84.4 Å². The molecule has 1 aromatic carbocycles. The summed E-state index contributed by atoms with van der Waals surface area (Å²) >= 11 is 0. The van der Waals surface area contributed by atoms with Crippen LogP contribution in [0.25, 0.3) is 0 Å². The molecule has 122 valence electrons. The van der Waals surface area contributed by atoms with E-state index in [9.17, 15) is 15.2 Å². The monoisotopic (exact) mass is 316 g/mol. The lowest BCUT2D eigenvalue weighted by Gasteiger charge is -2.23. The fourth-order valence-corrected chi connectivity index (χ4v) is 3.02. The highest BCUT2D eigenvalue weighted by Gasteiger charge is 2.18. The smallest absolute Gasteiger partial charge is 0.306 e. The molecular weight excluding hydrogens is 296 g/mol. The Morgan fingerprint density at radius 1 is 1.22 bits per heavy atom. The van der Waals surface area contributed by atoms with Crippen LogP contribution in [0, 0.1) is 10.1 Å². The standard InChI is InChI=1S/C16H20N4O3/c21-16(12-19-10-15(9-17-19)20(22)23)11-18-7-5-13-3-1-2-4-14(13)6-8-18/h1-4,9-10,16,21H,5-8,11-12H2/t16-/m1/s1. The molecule has 1 aromatic heterocycles. The first kappa shape index (κ1) is 15.6. The van der Waals surface area contributed by atoms with Gasteiger partial charge in [-0.1, -0.05) is 24.3 Å². The molecule has 2 aromatic rings. The SMILES string of the molecule is O=[N+]([O-])c1cnn(C[C@H](O)CN2CCc3ccccc3CC2)c1. The Kier molecular flexibility index (Phi) is 4.68. The van der Waals surface area contributed by atoms with Gasteiger partial charge in [0.05, 0.1) is 17.6 Å². The summed E-state index contributed by atoms with van der Waals surface area (Å²) in [6.07, 6.45) is 3.92. The molecule has 0 radical (unpaired) electrons. The lowest BCUT2D eigenvalue weighted by atomic mass is 10.0. The van der Waals surface area contributed by atoms with E-state index >= 15 is 0 Å². The average Bonchev–Trinajstić information content (AvgIpc) is 2.90. The van der Waals surface area contributed by atoms with Crippen molar-refractivity contribution in [2.45, 2.75) is 25.5 Å². The molecule has 0 saturated carbocycles. The van der Waals surface area contributed by atoms with Gasteiger partial charge in [-0.05, 0) is 24.0 Å². The summed E-state index contributed by atoms with van der Waals surface area (Å²) in [6, 6.07) is 8.46. The van der Waals surface area contributed by atoms with Gasteiger partial charge in [0.25, 0.3) is 0 Å². The van der Waals surface area contributed by atoms with E-state index in [1.165, 1.54) is 28.2 Å². The lowest BCUT2D eigenvalue weighted by Crippen LogP contribution is -2.36. The van der Waals surface area contributed by atoms with Crippen LogP contribution >= 0.6 is 0 Å². The molecule has 7 heteroatoms. The molecule has 2 heterocycles. The largest absolute Gasteiger partial charge is 0.390 e. The fraction of sp³-hybridized carbons (Fsp3) is 0.438. The van der Waals surface area contributed by atoms with Gasteiger partial charge in [-0.15, -0.1) is 0 Å². The van der Waals surface area contributed by atoms with E-state index in [4.69, 9.17) is 0 Å². The van der Waals surface area contributed by atoms with Crippen molar-refractivity contribution in [2.24, 2.45) is 0 Å². The maximum Gasteiger partial charge on any atom is 0.306 e. The van der Waals surface area contributed by atoms with E-state index in [1.807, 2.05) is 0 Å². The molecule has 0 amide bonds. The van der Waals surface area contributed by atoms with Crippen molar-refractivity contribution >= 4 is 5.69 Å². The van der Waals surface area contributed by atoms with Crippen molar-refractivity contribution in [3.05, 3.63) is 57.9 Å². The van der Waals surface area contributed by atoms with E-state index in [0.29, 0.717) is 6.54 Å². The molecular formula is C16H20N4O3. The van der Waals surface area contributed by atoms with Crippen molar-refractivity contribution in [3.63, 3.8) is 0 Å². The summed E-state index contributed by atoms with van der Waals surface area (Å²) in [5.74, 6) is 0. The molecule has 1 atom stereocenters. The summed E-state index contributed by atoms with van der Waals surface area (Å²) < 4.78 is 1.43. The van der Waals surface area contributed by atoms with Crippen molar-refractivity contribution in [1.82, 2.24) is 14.7 Å². The summed E-state index contributed by atoms with van der Waals surface area (Å²) in [5.41, 5.74) is 2.71. The molecule has 1 aliphatic rings. The van der Waals surface area contributed by atoms with Gasteiger partial charge in [-0.25, -0.2) is 0 Å². The Hall–Kier alpha value is -2.25. The van der Waals surface area contributed by atoms with E-state index in [2.05, 4.69) is 34.3 Å². The van der Waals surface area contributed by atoms with Crippen LogP contribution in [0.2, 0.25) is 0 Å². The zero-order valence-corrected chi connectivity index (χ0v) is 12.8. The highest BCUT2D eigenvalue weighted by Crippen LogP contribution is 2.16. The number of nitro groups is 1. The number of aromatic nitrogens is 2. The van der Waals surface area contributed by atoms with Crippen molar-refractivity contribution in [3.8, 4) is 0 Å². The second kappa shape index (κ2) is 6.89. The van der Waals surface area contributed by atoms with Gasteiger partial charge in [-0.3, -0.25) is 14.8 Å². The molecule has 0 bridgehead atoms. The van der Waals surface area contributed by atoms with Gasteiger partial charge in [0.1, 0.15) is 12.4 Å². The number of benzene rings is 1. The van der Waals surface area contributed by atoms with Gasteiger partial charge in [0, 0.05) is 19.6 Å². The van der Waals surface area contributed by atoms with Crippen LogP contribution in [-0.2, 0) is 19.4 Å². The van der Waals surface area contributed by atoms with Crippen LogP contribution in [0.3, 0.4) is 0 Å². The third-order valence-corrected chi connectivity index (χ3v) is 4.21. The first-order valence-electron chi connectivity index (χ1n) is 7.76. The van der Waals surface area contributed by atoms with E-state index in [1.54, 1.807) is 0 Å².